The molecule has 7 heteroatoms. The van der Waals surface area contributed by atoms with Gasteiger partial charge in [0.05, 0.1) is 5.02 Å². The van der Waals surface area contributed by atoms with Crippen molar-refractivity contribution < 1.29 is 14.3 Å². The van der Waals surface area contributed by atoms with E-state index >= 15 is 0 Å². The summed E-state index contributed by atoms with van der Waals surface area (Å²) < 4.78 is 5.34. The zero-order valence-electron chi connectivity index (χ0n) is 15.1. The highest BCUT2D eigenvalue weighted by Gasteiger charge is 2.50. The fraction of sp³-hybridized carbons (Fsp3) is 0.300. The Morgan fingerprint density at radius 2 is 1.89 bits per heavy atom. The second kappa shape index (κ2) is 7.79. The molecule has 1 unspecified atom stereocenters. The summed E-state index contributed by atoms with van der Waals surface area (Å²) in [6, 6.07) is 12.5. The van der Waals surface area contributed by atoms with Gasteiger partial charge in [0.1, 0.15) is 5.54 Å². The Hall–Kier alpha value is -2.24. The van der Waals surface area contributed by atoms with Crippen LogP contribution in [-0.2, 0) is 11.3 Å². The van der Waals surface area contributed by atoms with E-state index in [9.17, 15) is 9.59 Å². The number of benzene rings is 2. The predicted octanol–water partition coefficient (Wildman–Crippen LogP) is 4.58. The molecule has 27 heavy (non-hydrogen) atoms. The molecule has 0 bridgehead atoms. The van der Waals surface area contributed by atoms with Gasteiger partial charge in [-0.3, -0.25) is 9.69 Å². The van der Waals surface area contributed by atoms with Crippen LogP contribution in [0.1, 0.15) is 24.5 Å². The van der Waals surface area contributed by atoms with Crippen LogP contribution < -0.4 is 10.1 Å². The lowest BCUT2D eigenvalue weighted by molar-refractivity contribution is -0.138. The molecule has 5 nitrogen and oxygen atoms in total. The number of ether oxygens (including phenoxy) is 1. The van der Waals surface area contributed by atoms with Gasteiger partial charge in [0.15, 0.2) is 5.75 Å². The molecule has 2 amide bonds. The summed E-state index contributed by atoms with van der Waals surface area (Å²) in [5.74, 6) is -0.00569. The van der Waals surface area contributed by atoms with Gasteiger partial charge < -0.3 is 10.1 Å². The standard InChI is InChI=1S/C20H20Cl2N2O3/c1-13-3-5-14(6-4-13)12-23-18(25)20(2)9-10-24(20)19(26)27-17-8-7-15(21)11-16(17)22/h3-8,11H,9-10,12H2,1-2H3,(H,23,25). The molecule has 0 aliphatic carbocycles. The van der Waals surface area contributed by atoms with E-state index in [1.807, 2.05) is 31.2 Å². The number of aryl methyl sites for hydroxylation is 1. The van der Waals surface area contributed by atoms with Crippen LogP contribution >= 0.6 is 23.2 Å². The molecular formula is C20H20Cl2N2O3. The van der Waals surface area contributed by atoms with Gasteiger partial charge in [0.25, 0.3) is 0 Å². The molecule has 3 rings (SSSR count). The number of nitrogens with one attached hydrogen (secondary N) is 1. The highest BCUT2D eigenvalue weighted by atomic mass is 35.5. The van der Waals surface area contributed by atoms with Crippen LogP contribution in [0.5, 0.6) is 5.75 Å². The zero-order chi connectivity index (χ0) is 19.6. The molecule has 1 N–H and O–H groups in total. The van der Waals surface area contributed by atoms with E-state index in [1.54, 1.807) is 13.0 Å². The third-order valence-corrected chi connectivity index (χ3v) is 5.32. The van der Waals surface area contributed by atoms with Crippen molar-refractivity contribution in [2.75, 3.05) is 6.54 Å². The molecule has 2 aromatic rings. The van der Waals surface area contributed by atoms with Gasteiger partial charge in [-0.05, 0) is 44.0 Å². The fourth-order valence-electron chi connectivity index (χ4n) is 2.87. The smallest absolute Gasteiger partial charge is 0.409 e. The second-order valence-electron chi connectivity index (χ2n) is 6.79. The van der Waals surface area contributed by atoms with Gasteiger partial charge in [-0.25, -0.2) is 4.79 Å². The van der Waals surface area contributed by atoms with Gasteiger partial charge in [-0.1, -0.05) is 53.0 Å². The lowest BCUT2D eigenvalue weighted by Gasteiger charge is -2.47. The van der Waals surface area contributed by atoms with Gasteiger partial charge in [-0.15, -0.1) is 0 Å². The van der Waals surface area contributed by atoms with Crippen LogP contribution in [0.15, 0.2) is 42.5 Å². The van der Waals surface area contributed by atoms with Crippen molar-refractivity contribution in [3.8, 4) is 5.75 Å². The Labute approximate surface area is 168 Å². The van der Waals surface area contributed by atoms with Gasteiger partial charge in [-0.2, -0.15) is 0 Å². The van der Waals surface area contributed by atoms with Crippen LogP contribution in [0.2, 0.25) is 10.0 Å². The number of likely N-dealkylation sites (tertiary alicyclic amines) is 1. The normalized spacial score (nSPS) is 18.6. The predicted molar refractivity (Wildman–Crippen MR) is 105 cm³/mol. The third-order valence-electron chi connectivity index (χ3n) is 4.79. The Morgan fingerprint density at radius 3 is 2.48 bits per heavy atom. The summed E-state index contributed by atoms with van der Waals surface area (Å²) in [5.41, 5.74) is 1.21. The molecular weight excluding hydrogens is 387 g/mol. The number of hydrogen-bond acceptors (Lipinski definition) is 3. The monoisotopic (exact) mass is 406 g/mol. The molecule has 0 radical (unpaired) electrons. The minimum atomic E-state index is -0.944. The summed E-state index contributed by atoms with van der Waals surface area (Å²) >= 11 is 11.9. The van der Waals surface area contributed by atoms with Crippen LogP contribution in [0.3, 0.4) is 0 Å². The number of halogens is 2. The van der Waals surface area contributed by atoms with Crippen LogP contribution in [0, 0.1) is 6.92 Å². The summed E-state index contributed by atoms with van der Waals surface area (Å²) in [4.78, 5) is 26.6. The second-order valence-corrected chi connectivity index (χ2v) is 7.63. The minimum Gasteiger partial charge on any atom is -0.409 e. The summed E-state index contributed by atoms with van der Waals surface area (Å²) in [6.45, 7) is 4.58. The first kappa shape index (κ1) is 19.5. The van der Waals surface area contributed by atoms with Crippen molar-refractivity contribution in [3.63, 3.8) is 0 Å². The molecule has 2 aromatic carbocycles. The summed E-state index contributed by atoms with van der Waals surface area (Å²) in [7, 11) is 0. The molecule has 1 aliphatic heterocycles. The number of carbonyl (C=O) groups excluding carboxylic acids is 2. The largest absolute Gasteiger partial charge is 0.416 e. The van der Waals surface area contributed by atoms with Crippen molar-refractivity contribution >= 4 is 35.2 Å². The van der Waals surface area contributed by atoms with E-state index in [0.717, 1.165) is 11.1 Å². The maximum Gasteiger partial charge on any atom is 0.416 e. The van der Waals surface area contributed by atoms with Crippen molar-refractivity contribution in [2.45, 2.75) is 32.4 Å². The van der Waals surface area contributed by atoms with E-state index < -0.39 is 11.6 Å². The Kier molecular flexibility index (Phi) is 5.63. The number of rotatable bonds is 4. The lowest BCUT2D eigenvalue weighted by atomic mass is 9.86. The number of hydrogen-bond donors (Lipinski definition) is 1. The van der Waals surface area contributed by atoms with Crippen molar-refractivity contribution in [1.29, 1.82) is 0 Å². The molecule has 0 spiro atoms. The average Bonchev–Trinajstić information content (AvgIpc) is 2.61. The molecule has 1 fully saturated rings. The molecule has 1 heterocycles. The lowest BCUT2D eigenvalue weighted by Crippen LogP contribution is -2.67. The zero-order valence-corrected chi connectivity index (χ0v) is 16.6. The minimum absolute atomic E-state index is 0.209. The van der Waals surface area contributed by atoms with Crippen LogP contribution in [-0.4, -0.2) is 29.0 Å². The SMILES string of the molecule is Cc1ccc(CNC(=O)C2(C)CCN2C(=O)Oc2ccc(Cl)cc2Cl)cc1. The Morgan fingerprint density at radius 1 is 1.19 bits per heavy atom. The molecule has 0 saturated carbocycles. The summed E-state index contributed by atoms with van der Waals surface area (Å²) in [5, 5.41) is 3.58. The first-order valence-corrected chi connectivity index (χ1v) is 9.33. The maximum atomic E-state index is 12.7. The topological polar surface area (TPSA) is 58.6 Å². The number of amides is 2. The Bertz CT molecular complexity index is 870. The van der Waals surface area contributed by atoms with Crippen molar-refractivity contribution in [3.05, 3.63) is 63.6 Å². The molecule has 1 saturated heterocycles. The molecule has 0 aromatic heterocycles. The maximum absolute atomic E-state index is 12.7. The van der Waals surface area contributed by atoms with Gasteiger partial charge in [0, 0.05) is 18.1 Å². The first-order valence-electron chi connectivity index (χ1n) is 8.58. The van der Waals surface area contributed by atoms with Crippen LogP contribution in [0.4, 0.5) is 4.79 Å². The molecule has 1 aliphatic rings. The molecule has 142 valence electrons. The van der Waals surface area contributed by atoms with E-state index in [2.05, 4.69) is 5.32 Å². The third kappa shape index (κ3) is 4.20. The fourth-order valence-corrected chi connectivity index (χ4v) is 3.32. The first-order chi connectivity index (χ1) is 12.8. The van der Waals surface area contributed by atoms with Gasteiger partial charge in [0.2, 0.25) is 5.91 Å². The van der Waals surface area contributed by atoms with E-state index in [1.165, 1.54) is 17.0 Å². The average molecular weight is 407 g/mol. The van der Waals surface area contributed by atoms with Crippen LogP contribution in [0.25, 0.3) is 0 Å². The van der Waals surface area contributed by atoms with Gasteiger partial charge >= 0.3 is 6.09 Å². The van der Waals surface area contributed by atoms with E-state index in [-0.39, 0.29) is 16.7 Å². The Balaban J connectivity index is 1.62. The van der Waals surface area contributed by atoms with Crippen molar-refractivity contribution in [2.24, 2.45) is 0 Å². The van der Waals surface area contributed by atoms with Crippen molar-refractivity contribution in [1.82, 2.24) is 10.2 Å². The summed E-state index contributed by atoms with van der Waals surface area (Å²) in [6.07, 6.45) is -0.0469. The highest BCUT2D eigenvalue weighted by molar-refractivity contribution is 6.35. The van der Waals surface area contributed by atoms with E-state index in [0.29, 0.717) is 24.5 Å². The van der Waals surface area contributed by atoms with E-state index in [4.69, 9.17) is 27.9 Å². The highest BCUT2D eigenvalue weighted by Crippen LogP contribution is 2.33. The quantitative estimate of drug-likeness (QED) is 0.807. The number of nitrogens with zero attached hydrogens (tertiary/aromatic N) is 1. The number of carbonyl (C=O) groups is 2. The molecule has 1 atom stereocenters.